The smallest absolute Gasteiger partial charge is 0.127 e. The third-order valence-electron chi connectivity index (χ3n) is 4.64. The summed E-state index contributed by atoms with van der Waals surface area (Å²) >= 11 is 0. The van der Waals surface area contributed by atoms with Gasteiger partial charge in [-0.2, -0.15) is 0 Å². The number of aromatic amines is 1. The molecule has 0 aliphatic carbocycles. The maximum absolute atomic E-state index is 13.8. The minimum Gasteiger partial charge on any atom is -1.00 e. The molecule has 1 aromatic heterocycles. The summed E-state index contributed by atoms with van der Waals surface area (Å²) < 4.78 is 13.8. The molecule has 1 fully saturated rings. The predicted molar refractivity (Wildman–Crippen MR) is 92.2 cm³/mol. The van der Waals surface area contributed by atoms with Gasteiger partial charge in [0.05, 0.1) is 0 Å². The molecule has 2 heterocycles. The van der Waals surface area contributed by atoms with E-state index in [9.17, 15) is 4.39 Å². The summed E-state index contributed by atoms with van der Waals surface area (Å²) in [6.45, 7) is 4.54. The van der Waals surface area contributed by atoms with E-state index in [-0.39, 0.29) is 30.6 Å². The first kappa shape index (κ1) is 19.6. The Kier molecular flexibility index (Phi) is 6.71. The molecular weight excluding hydrogens is 360 g/mol. The summed E-state index contributed by atoms with van der Waals surface area (Å²) in [5.41, 5.74) is 3.25. The van der Waals surface area contributed by atoms with Crippen molar-refractivity contribution in [3.05, 3.63) is 66.1 Å². The Morgan fingerprint density at radius 3 is 2.40 bits per heavy atom. The second-order valence-electron chi connectivity index (χ2n) is 6.07. The minimum absolute atomic E-state index is 0. The summed E-state index contributed by atoms with van der Waals surface area (Å²) in [7, 11) is 0. The number of halogens is 3. The van der Waals surface area contributed by atoms with Crippen LogP contribution in [0.1, 0.15) is 5.56 Å². The first-order chi connectivity index (χ1) is 11.3. The summed E-state index contributed by atoms with van der Waals surface area (Å²) in [5, 5.41) is 1.27. The molecule has 25 heavy (non-hydrogen) atoms. The van der Waals surface area contributed by atoms with Crippen molar-refractivity contribution in [2.75, 3.05) is 31.1 Å². The molecule has 3 nitrogen and oxygen atoms in total. The lowest BCUT2D eigenvalue weighted by atomic mass is 10.1. The van der Waals surface area contributed by atoms with E-state index in [4.69, 9.17) is 0 Å². The van der Waals surface area contributed by atoms with Crippen molar-refractivity contribution in [2.24, 2.45) is 0 Å². The third-order valence-corrected chi connectivity index (χ3v) is 4.64. The van der Waals surface area contributed by atoms with Crippen LogP contribution in [0.5, 0.6) is 0 Å². The molecule has 1 N–H and O–H groups in total. The van der Waals surface area contributed by atoms with Crippen LogP contribution in [0.4, 0.5) is 10.1 Å². The van der Waals surface area contributed by atoms with E-state index in [1.54, 1.807) is 6.07 Å². The first-order valence-electron chi connectivity index (χ1n) is 8.08. The highest BCUT2D eigenvalue weighted by Crippen LogP contribution is 2.27. The Hall–Kier alpha value is -1.75. The van der Waals surface area contributed by atoms with Gasteiger partial charge in [0.2, 0.25) is 0 Å². The van der Waals surface area contributed by atoms with Gasteiger partial charge in [-0.25, -0.2) is 4.39 Å². The minimum atomic E-state index is -0.105. The average Bonchev–Trinajstić information content (AvgIpc) is 3.06. The molecule has 0 saturated carbocycles. The van der Waals surface area contributed by atoms with Gasteiger partial charge in [-0.15, -0.1) is 0 Å². The molecule has 0 amide bonds. The second kappa shape index (κ2) is 8.56. The van der Waals surface area contributed by atoms with Gasteiger partial charge in [-0.3, -0.25) is 4.90 Å². The Morgan fingerprint density at radius 1 is 0.880 bits per heavy atom. The van der Waals surface area contributed by atoms with E-state index in [1.165, 1.54) is 22.7 Å². The van der Waals surface area contributed by atoms with Crippen LogP contribution in [0.25, 0.3) is 10.9 Å². The number of benzene rings is 2. The number of hydrogen-bond donors (Lipinski definition) is 1. The number of nitrogens with zero attached hydrogens (tertiary/aromatic N) is 2. The van der Waals surface area contributed by atoms with Gasteiger partial charge in [0.25, 0.3) is 0 Å². The maximum Gasteiger partial charge on any atom is 0.127 e. The number of fused-ring (bicyclic) bond motifs is 1. The van der Waals surface area contributed by atoms with E-state index in [0.29, 0.717) is 6.54 Å². The van der Waals surface area contributed by atoms with Gasteiger partial charge in [-0.1, -0.05) is 24.3 Å². The lowest BCUT2D eigenvalue weighted by Gasteiger charge is -2.36. The van der Waals surface area contributed by atoms with Crippen molar-refractivity contribution in [3.8, 4) is 0 Å². The van der Waals surface area contributed by atoms with Crippen molar-refractivity contribution >= 4 is 16.6 Å². The molecule has 2 aromatic carbocycles. The number of aromatic nitrogens is 1. The van der Waals surface area contributed by atoms with Crippen LogP contribution < -0.4 is 29.7 Å². The molecule has 0 atom stereocenters. The first-order valence-corrected chi connectivity index (χ1v) is 8.08. The van der Waals surface area contributed by atoms with Gasteiger partial charge < -0.3 is 34.7 Å². The standard InChI is InChI=1S/C19H20FN3.2ClH/c20-17-5-2-1-4-15(17)14-22-10-12-23(13-11-22)19-7-3-6-18-16(19)8-9-21-18;;/h1-9,21H,10-14H2;2*1H/p-2. The Morgan fingerprint density at radius 2 is 1.64 bits per heavy atom. The summed E-state index contributed by atoms with van der Waals surface area (Å²) in [6.07, 6.45) is 1.99. The molecule has 1 aliphatic heterocycles. The van der Waals surface area contributed by atoms with Gasteiger partial charge in [0.1, 0.15) is 5.82 Å². The highest BCUT2D eigenvalue weighted by atomic mass is 35.5. The Bertz CT molecular complexity index is 813. The van der Waals surface area contributed by atoms with E-state index in [1.807, 2.05) is 18.3 Å². The molecule has 0 bridgehead atoms. The molecule has 0 spiro atoms. The highest BCUT2D eigenvalue weighted by molar-refractivity contribution is 5.92. The zero-order valence-electron chi connectivity index (χ0n) is 13.8. The van der Waals surface area contributed by atoms with Gasteiger partial charge in [0, 0.05) is 61.1 Å². The van der Waals surface area contributed by atoms with Crippen LogP contribution in [0.2, 0.25) is 0 Å². The highest BCUT2D eigenvalue weighted by Gasteiger charge is 2.19. The van der Waals surface area contributed by atoms with E-state index < -0.39 is 0 Å². The van der Waals surface area contributed by atoms with Crippen LogP contribution in [0, 0.1) is 5.82 Å². The molecule has 4 rings (SSSR count). The monoisotopic (exact) mass is 379 g/mol. The van der Waals surface area contributed by atoms with Gasteiger partial charge in [0.15, 0.2) is 0 Å². The molecule has 0 unspecified atom stereocenters. The Balaban J connectivity index is 0.00000113. The molecule has 1 aliphatic rings. The fourth-order valence-electron chi connectivity index (χ4n) is 3.36. The molecule has 1 saturated heterocycles. The van der Waals surface area contributed by atoms with Gasteiger partial charge in [-0.05, 0) is 24.3 Å². The summed E-state index contributed by atoms with van der Waals surface area (Å²) in [6, 6.07) is 15.6. The second-order valence-corrected chi connectivity index (χ2v) is 6.07. The fourth-order valence-corrected chi connectivity index (χ4v) is 3.36. The van der Waals surface area contributed by atoms with Crippen LogP contribution >= 0.6 is 0 Å². The third kappa shape index (κ3) is 4.09. The molecule has 3 aromatic rings. The van der Waals surface area contributed by atoms with Crippen molar-refractivity contribution in [3.63, 3.8) is 0 Å². The largest absolute Gasteiger partial charge is 1.00 e. The number of hydrogen-bond acceptors (Lipinski definition) is 2. The normalized spacial score (nSPS) is 14.8. The zero-order valence-corrected chi connectivity index (χ0v) is 15.3. The quantitative estimate of drug-likeness (QED) is 0.549. The number of piperazine rings is 1. The van der Waals surface area contributed by atoms with Crippen LogP contribution in [-0.2, 0) is 6.54 Å². The van der Waals surface area contributed by atoms with Crippen LogP contribution in [0.15, 0.2) is 54.7 Å². The lowest BCUT2D eigenvalue weighted by molar-refractivity contribution is -0.001000. The number of H-pyrrole nitrogens is 1. The van der Waals surface area contributed by atoms with E-state index >= 15 is 0 Å². The number of nitrogens with one attached hydrogen (secondary N) is 1. The summed E-state index contributed by atoms with van der Waals surface area (Å²) in [4.78, 5) is 8.02. The Labute approximate surface area is 159 Å². The van der Waals surface area contributed by atoms with Gasteiger partial charge >= 0.3 is 0 Å². The summed E-state index contributed by atoms with van der Waals surface area (Å²) in [5.74, 6) is -0.105. The van der Waals surface area contributed by atoms with Crippen LogP contribution in [-0.4, -0.2) is 36.1 Å². The van der Waals surface area contributed by atoms with Crippen LogP contribution in [0.3, 0.4) is 0 Å². The molecule has 0 radical (unpaired) electrons. The number of rotatable bonds is 3. The molecule has 6 heteroatoms. The van der Waals surface area contributed by atoms with E-state index in [2.05, 4.69) is 39.0 Å². The topological polar surface area (TPSA) is 22.3 Å². The maximum atomic E-state index is 13.8. The zero-order chi connectivity index (χ0) is 15.6. The lowest BCUT2D eigenvalue weighted by Crippen LogP contribution is -3.00. The van der Waals surface area contributed by atoms with Crippen molar-refractivity contribution in [1.29, 1.82) is 0 Å². The average molecular weight is 380 g/mol. The molecular formula is C19H20Cl2FN3-2. The van der Waals surface area contributed by atoms with Crippen molar-refractivity contribution < 1.29 is 29.2 Å². The van der Waals surface area contributed by atoms with Crippen molar-refractivity contribution in [1.82, 2.24) is 9.88 Å². The fraction of sp³-hybridized carbons (Fsp3) is 0.263. The SMILES string of the molecule is Fc1ccccc1CN1CCN(c2cccc3[nH]ccc23)CC1.[Cl-].[Cl-]. The van der Waals surface area contributed by atoms with E-state index in [0.717, 1.165) is 31.7 Å². The predicted octanol–water partition coefficient (Wildman–Crippen LogP) is -2.36. The molecule has 134 valence electrons. The number of anilines is 1. The van der Waals surface area contributed by atoms with Crippen molar-refractivity contribution in [2.45, 2.75) is 6.54 Å².